The van der Waals surface area contributed by atoms with Gasteiger partial charge in [-0.3, -0.25) is 0 Å². The van der Waals surface area contributed by atoms with Crippen molar-refractivity contribution in [1.82, 2.24) is 5.32 Å². The number of nitrogens with one attached hydrogen (secondary N) is 1. The van der Waals surface area contributed by atoms with Crippen molar-refractivity contribution in [2.75, 3.05) is 40.0 Å². The van der Waals surface area contributed by atoms with Crippen LogP contribution in [0.2, 0.25) is 0 Å². The molecule has 0 aliphatic carbocycles. The molecule has 0 unspecified atom stereocenters. The summed E-state index contributed by atoms with van der Waals surface area (Å²) in [5.74, 6) is 1.45. The molecule has 0 amide bonds. The first-order valence-corrected chi connectivity index (χ1v) is 8.00. The molecule has 1 atom stereocenters. The number of ether oxygens (including phenoxy) is 3. The molecule has 0 aliphatic heterocycles. The maximum atomic E-state index is 9.76. The Morgan fingerprint density at radius 1 is 1.14 bits per heavy atom. The molecule has 2 N–H and O–H groups in total. The monoisotopic (exact) mass is 311 g/mol. The normalized spacial score (nSPS) is 12.1. The van der Waals surface area contributed by atoms with Gasteiger partial charge in [-0.05, 0) is 18.6 Å². The van der Waals surface area contributed by atoms with Crippen molar-refractivity contribution in [3.63, 3.8) is 0 Å². The van der Waals surface area contributed by atoms with Crippen molar-refractivity contribution in [3.05, 3.63) is 24.3 Å². The van der Waals surface area contributed by atoms with Gasteiger partial charge >= 0.3 is 0 Å². The van der Waals surface area contributed by atoms with Crippen LogP contribution in [0.4, 0.5) is 0 Å². The molecule has 0 heterocycles. The molecular formula is C17H29NO4. The zero-order valence-corrected chi connectivity index (χ0v) is 13.7. The van der Waals surface area contributed by atoms with Crippen LogP contribution in [0.3, 0.4) is 0 Å². The lowest BCUT2D eigenvalue weighted by molar-refractivity contribution is 0.0353. The number of benzene rings is 1. The van der Waals surface area contributed by atoms with E-state index in [0.717, 1.165) is 24.5 Å². The van der Waals surface area contributed by atoms with E-state index >= 15 is 0 Å². The van der Waals surface area contributed by atoms with Crippen LogP contribution in [0, 0.1) is 0 Å². The molecule has 0 radical (unpaired) electrons. The van der Waals surface area contributed by atoms with E-state index in [2.05, 4.69) is 12.2 Å². The lowest BCUT2D eigenvalue weighted by Gasteiger charge is -2.13. The van der Waals surface area contributed by atoms with Gasteiger partial charge in [0, 0.05) is 19.7 Å². The van der Waals surface area contributed by atoms with Crippen LogP contribution in [-0.4, -0.2) is 51.2 Å². The second-order valence-electron chi connectivity index (χ2n) is 5.14. The van der Waals surface area contributed by atoms with Crippen molar-refractivity contribution in [3.8, 4) is 11.5 Å². The molecule has 1 rings (SSSR count). The Balaban J connectivity index is 2.02. The highest BCUT2D eigenvalue weighted by molar-refractivity contribution is 5.39. The lowest BCUT2D eigenvalue weighted by Crippen LogP contribution is -2.33. The van der Waals surface area contributed by atoms with Crippen molar-refractivity contribution in [1.29, 1.82) is 0 Å². The van der Waals surface area contributed by atoms with E-state index < -0.39 is 6.10 Å². The van der Waals surface area contributed by atoms with Gasteiger partial charge in [0.2, 0.25) is 0 Å². The second-order valence-corrected chi connectivity index (χ2v) is 5.14. The average Bonchev–Trinajstić information content (AvgIpc) is 2.54. The van der Waals surface area contributed by atoms with Crippen molar-refractivity contribution < 1.29 is 19.3 Å². The van der Waals surface area contributed by atoms with Crippen molar-refractivity contribution >= 4 is 0 Å². The van der Waals surface area contributed by atoms with Gasteiger partial charge in [-0.2, -0.15) is 0 Å². The van der Waals surface area contributed by atoms with Gasteiger partial charge in [-0.15, -0.1) is 0 Å². The van der Waals surface area contributed by atoms with Gasteiger partial charge in [-0.25, -0.2) is 0 Å². The molecule has 22 heavy (non-hydrogen) atoms. The fourth-order valence-electron chi connectivity index (χ4n) is 1.97. The number of aliphatic hydroxyl groups excluding tert-OH is 1. The minimum atomic E-state index is -0.479. The summed E-state index contributed by atoms with van der Waals surface area (Å²) >= 11 is 0. The zero-order valence-electron chi connectivity index (χ0n) is 13.7. The molecule has 0 saturated heterocycles. The fraction of sp³-hybridized carbons (Fsp3) is 0.647. The minimum Gasteiger partial charge on any atom is -0.493 e. The zero-order chi connectivity index (χ0) is 16.0. The number of aliphatic hydroxyl groups is 1. The third-order valence-electron chi connectivity index (χ3n) is 3.19. The number of rotatable bonds is 13. The molecule has 0 saturated carbocycles. The van der Waals surface area contributed by atoms with E-state index in [1.54, 1.807) is 7.11 Å². The Labute approximate surface area is 133 Å². The van der Waals surface area contributed by atoms with Crippen molar-refractivity contribution in [2.45, 2.75) is 32.3 Å². The second kappa shape index (κ2) is 12.3. The van der Waals surface area contributed by atoms with E-state index in [9.17, 15) is 5.11 Å². The van der Waals surface area contributed by atoms with Crippen LogP contribution in [0.5, 0.6) is 11.5 Å². The quantitative estimate of drug-likeness (QED) is 0.547. The number of hydrogen-bond donors (Lipinski definition) is 2. The Hall–Kier alpha value is -1.30. The SMILES string of the molecule is CCCCCOC[C@@H](O)CNCCOc1ccccc1OC. The maximum Gasteiger partial charge on any atom is 0.161 e. The summed E-state index contributed by atoms with van der Waals surface area (Å²) in [7, 11) is 1.62. The summed E-state index contributed by atoms with van der Waals surface area (Å²) in [6.45, 7) is 4.94. The largest absolute Gasteiger partial charge is 0.493 e. The number of methoxy groups -OCH3 is 1. The molecule has 0 aromatic heterocycles. The molecule has 0 fully saturated rings. The standard InChI is InChI=1S/C17H29NO4/c1-3-4-7-11-21-14-15(19)13-18-10-12-22-17-9-6-5-8-16(17)20-2/h5-6,8-9,15,18-19H,3-4,7,10-14H2,1-2H3/t15-/m0/s1. The summed E-state index contributed by atoms with van der Waals surface area (Å²) in [6, 6.07) is 7.55. The predicted molar refractivity (Wildman–Crippen MR) is 87.7 cm³/mol. The highest BCUT2D eigenvalue weighted by Gasteiger charge is 2.04. The highest BCUT2D eigenvalue weighted by atomic mass is 16.5. The molecular weight excluding hydrogens is 282 g/mol. The lowest BCUT2D eigenvalue weighted by atomic mass is 10.3. The van der Waals surface area contributed by atoms with Crippen molar-refractivity contribution in [2.24, 2.45) is 0 Å². The number of hydrogen-bond acceptors (Lipinski definition) is 5. The molecule has 1 aromatic rings. The fourth-order valence-corrected chi connectivity index (χ4v) is 1.97. The molecule has 5 nitrogen and oxygen atoms in total. The third kappa shape index (κ3) is 8.22. The maximum absolute atomic E-state index is 9.76. The van der Waals surface area contributed by atoms with Crippen LogP contribution in [0.15, 0.2) is 24.3 Å². The Kier molecular flexibility index (Phi) is 10.5. The number of unbranched alkanes of at least 4 members (excludes halogenated alkanes) is 2. The van der Waals surface area contributed by atoms with E-state index in [-0.39, 0.29) is 0 Å². The van der Waals surface area contributed by atoms with Gasteiger partial charge < -0.3 is 24.6 Å². The molecule has 0 bridgehead atoms. The van der Waals surface area contributed by atoms with Crippen LogP contribution in [0.1, 0.15) is 26.2 Å². The summed E-state index contributed by atoms with van der Waals surface area (Å²) in [5.41, 5.74) is 0. The van der Waals surface area contributed by atoms with E-state index in [0.29, 0.717) is 26.3 Å². The first-order chi connectivity index (χ1) is 10.8. The molecule has 126 valence electrons. The number of para-hydroxylation sites is 2. The van der Waals surface area contributed by atoms with Gasteiger partial charge in [0.1, 0.15) is 6.61 Å². The van der Waals surface area contributed by atoms with Crippen LogP contribution in [0.25, 0.3) is 0 Å². The van der Waals surface area contributed by atoms with E-state index in [1.807, 2.05) is 24.3 Å². The van der Waals surface area contributed by atoms with Gasteiger partial charge in [0.05, 0.1) is 19.8 Å². The summed E-state index contributed by atoms with van der Waals surface area (Å²) in [5, 5.41) is 12.9. The first kappa shape index (κ1) is 18.7. The third-order valence-corrected chi connectivity index (χ3v) is 3.19. The Morgan fingerprint density at radius 2 is 1.91 bits per heavy atom. The van der Waals surface area contributed by atoms with Gasteiger partial charge in [0.25, 0.3) is 0 Å². The van der Waals surface area contributed by atoms with Gasteiger partial charge in [0.15, 0.2) is 11.5 Å². The average molecular weight is 311 g/mol. The first-order valence-electron chi connectivity index (χ1n) is 8.00. The summed E-state index contributed by atoms with van der Waals surface area (Å²) in [6.07, 6.45) is 2.94. The topological polar surface area (TPSA) is 60.0 Å². The molecule has 5 heteroatoms. The smallest absolute Gasteiger partial charge is 0.161 e. The highest BCUT2D eigenvalue weighted by Crippen LogP contribution is 2.25. The van der Waals surface area contributed by atoms with Crippen LogP contribution in [-0.2, 0) is 4.74 Å². The Morgan fingerprint density at radius 3 is 2.64 bits per heavy atom. The van der Waals surface area contributed by atoms with Crippen LogP contribution >= 0.6 is 0 Å². The molecule has 0 spiro atoms. The Bertz CT molecular complexity index is 387. The van der Waals surface area contributed by atoms with Crippen LogP contribution < -0.4 is 14.8 Å². The summed E-state index contributed by atoms with van der Waals surface area (Å²) < 4.78 is 16.3. The molecule has 1 aromatic carbocycles. The molecule has 0 aliphatic rings. The minimum absolute atomic E-state index is 0.379. The predicted octanol–water partition coefficient (Wildman–Crippen LogP) is 2.23. The van der Waals surface area contributed by atoms with E-state index in [4.69, 9.17) is 14.2 Å². The summed E-state index contributed by atoms with van der Waals surface area (Å²) in [4.78, 5) is 0. The van der Waals surface area contributed by atoms with Gasteiger partial charge in [-0.1, -0.05) is 31.9 Å². The van der Waals surface area contributed by atoms with E-state index in [1.165, 1.54) is 12.8 Å².